The van der Waals surface area contributed by atoms with Crippen LogP contribution in [0, 0.1) is 11.8 Å². The maximum Gasteiger partial charge on any atom is 0.237 e. The zero-order chi connectivity index (χ0) is 22.5. The second-order valence-corrected chi connectivity index (χ2v) is 8.30. The van der Waals surface area contributed by atoms with E-state index in [1.807, 2.05) is 26.0 Å². The minimum atomic E-state index is -0.512. The molecule has 1 rings (SSSR count). The third kappa shape index (κ3) is 9.49. The quantitative estimate of drug-likeness (QED) is 0.0813. The van der Waals surface area contributed by atoms with Crippen molar-refractivity contribution in [3.8, 4) is 0 Å². The number of carbonyl (C=O) groups is 3. The monoisotopic (exact) mass is 422 g/mol. The van der Waals surface area contributed by atoms with Crippen molar-refractivity contribution >= 4 is 24.4 Å². The first kappa shape index (κ1) is 25.8. The van der Waals surface area contributed by atoms with E-state index >= 15 is 0 Å². The number of unbranched alkanes of at least 4 members (excludes halogenated alkanes) is 1. The van der Waals surface area contributed by atoms with Gasteiger partial charge in [0.1, 0.15) is 12.6 Å². The van der Waals surface area contributed by atoms with Crippen LogP contribution in [0.5, 0.6) is 0 Å². The third-order valence-corrected chi connectivity index (χ3v) is 5.19. The van der Waals surface area contributed by atoms with Gasteiger partial charge in [0.05, 0.1) is 12.1 Å². The van der Waals surface area contributed by atoms with Gasteiger partial charge in [0.15, 0.2) is 5.96 Å². The van der Waals surface area contributed by atoms with Crippen LogP contribution >= 0.6 is 0 Å². The van der Waals surface area contributed by atoms with Crippen molar-refractivity contribution < 1.29 is 14.4 Å². The first-order chi connectivity index (χ1) is 14.3. The van der Waals surface area contributed by atoms with Crippen LogP contribution in [0.15, 0.2) is 17.1 Å². The number of carbonyl (C=O) groups excluding carboxylic acids is 3. The summed E-state index contributed by atoms with van der Waals surface area (Å²) in [5.74, 6) is 0.204. The van der Waals surface area contributed by atoms with Crippen LogP contribution in [0.3, 0.4) is 0 Å². The lowest BCUT2D eigenvalue weighted by molar-refractivity contribution is -0.126. The van der Waals surface area contributed by atoms with Crippen LogP contribution in [0.1, 0.15) is 52.4 Å². The second-order valence-electron chi connectivity index (χ2n) is 8.30. The minimum Gasteiger partial charge on any atom is -0.370 e. The molecule has 0 spiro atoms. The highest BCUT2D eigenvalue weighted by Gasteiger charge is 2.38. The molecule has 1 fully saturated rings. The molecule has 0 aliphatic heterocycles. The molecule has 1 aliphatic rings. The van der Waals surface area contributed by atoms with E-state index in [1.54, 1.807) is 0 Å². The number of aldehydes is 2. The van der Waals surface area contributed by atoms with E-state index in [9.17, 15) is 14.4 Å². The molecule has 1 saturated carbocycles. The lowest BCUT2D eigenvalue weighted by Crippen LogP contribution is -2.61. The smallest absolute Gasteiger partial charge is 0.237 e. The Morgan fingerprint density at radius 3 is 2.53 bits per heavy atom. The van der Waals surface area contributed by atoms with Gasteiger partial charge in [-0.2, -0.15) is 0 Å². The molecule has 2 unspecified atom stereocenters. The van der Waals surface area contributed by atoms with Gasteiger partial charge in [-0.3, -0.25) is 9.79 Å². The predicted octanol–water partition coefficient (Wildman–Crippen LogP) is -0.0209. The van der Waals surface area contributed by atoms with Crippen LogP contribution in [-0.2, 0) is 14.4 Å². The Balaban J connectivity index is 2.75. The zero-order valence-electron chi connectivity index (χ0n) is 18.1. The van der Waals surface area contributed by atoms with Crippen molar-refractivity contribution in [1.82, 2.24) is 10.6 Å². The maximum atomic E-state index is 12.9. The third-order valence-electron chi connectivity index (χ3n) is 5.19. The number of nitrogens with two attached hydrogens (primary N) is 3. The number of aliphatic imine (C=N–C) groups is 1. The van der Waals surface area contributed by atoms with Crippen LogP contribution in [0.25, 0.3) is 0 Å². The van der Waals surface area contributed by atoms with Gasteiger partial charge in [0.2, 0.25) is 5.91 Å². The fraction of sp³-hybridized carbons (Fsp3) is 0.714. The van der Waals surface area contributed by atoms with Crippen LogP contribution in [0.4, 0.5) is 0 Å². The van der Waals surface area contributed by atoms with E-state index in [-0.39, 0.29) is 29.9 Å². The van der Waals surface area contributed by atoms with Gasteiger partial charge in [0.25, 0.3) is 0 Å². The largest absolute Gasteiger partial charge is 0.370 e. The summed E-state index contributed by atoms with van der Waals surface area (Å²) in [6.07, 6.45) is 9.32. The van der Waals surface area contributed by atoms with Crippen molar-refractivity contribution in [3.05, 3.63) is 12.2 Å². The Hall–Kier alpha value is -2.26. The normalized spacial score (nSPS) is 22.9. The van der Waals surface area contributed by atoms with Crippen molar-refractivity contribution in [1.29, 1.82) is 0 Å². The summed E-state index contributed by atoms with van der Waals surface area (Å²) in [5, 5.41) is 6.25. The van der Waals surface area contributed by atoms with E-state index in [1.165, 1.54) is 0 Å². The second kappa shape index (κ2) is 13.9. The summed E-state index contributed by atoms with van der Waals surface area (Å²) in [5.41, 5.74) is 16.9. The molecule has 9 heteroatoms. The molecule has 0 aromatic carbocycles. The Morgan fingerprint density at radius 2 is 1.97 bits per heavy atom. The number of guanidine groups is 1. The zero-order valence-corrected chi connectivity index (χ0v) is 18.1. The van der Waals surface area contributed by atoms with E-state index in [0.29, 0.717) is 44.6 Å². The molecule has 1 aliphatic carbocycles. The molecular formula is C21H38N6O3. The van der Waals surface area contributed by atoms with Gasteiger partial charge in [-0.25, -0.2) is 0 Å². The number of nitrogens with zero attached hydrogens (tertiary/aromatic N) is 1. The highest BCUT2D eigenvalue weighted by atomic mass is 16.2. The first-order valence-corrected chi connectivity index (χ1v) is 10.7. The van der Waals surface area contributed by atoms with Gasteiger partial charge < -0.3 is 37.4 Å². The van der Waals surface area contributed by atoms with Crippen molar-refractivity contribution in [2.75, 3.05) is 6.54 Å². The van der Waals surface area contributed by atoms with E-state index in [4.69, 9.17) is 17.2 Å². The van der Waals surface area contributed by atoms with Crippen LogP contribution < -0.4 is 27.8 Å². The summed E-state index contributed by atoms with van der Waals surface area (Å²) in [4.78, 5) is 38.7. The fourth-order valence-corrected chi connectivity index (χ4v) is 3.58. The highest BCUT2D eigenvalue weighted by Crippen LogP contribution is 2.29. The van der Waals surface area contributed by atoms with Gasteiger partial charge in [-0.1, -0.05) is 26.0 Å². The SMILES string of the molecule is CC(C)C[C@H](C=O)NC(=O)[C@@H](CCCN=C(N)N)NC1CC(N)[C@@H]1C=CCCC=O. The van der Waals surface area contributed by atoms with Crippen molar-refractivity contribution in [2.45, 2.75) is 76.5 Å². The lowest BCUT2D eigenvalue weighted by atomic mass is 9.74. The molecule has 9 nitrogen and oxygen atoms in total. The van der Waals surface area contributed by atoms with E-state index in [2.05, 4.69) is 15.6 Å². The Kier molecular flexibility index (Phi) is 11.9. The number of rotatable bonds is 15. The number of allylic oxidation sites excluding steroid dienone is 1. The average Bonchev–Trinajstić information content (AvgIpc) is 2.67. The summed E-state index contributed by atoms with van der Waals surface area (Å²) in [7, 11) is 0. The Morgan fingerprint density at radius 1 is 1.23 bits per heavy atom. The van der Waals surface area contributed by atoms with Gasteiger partial charge >= 0.3 is 0 Å². The molecule has 8 N–H and O–H groups in total. The molecule has 5 atom stereocenters. The first-order valence-electron chi connectivity index (χ1n) is 10.7. The fourth-order valence-electron chi connectivity index (χ4n) is 3.58. The Labute approximate surface area is 179 Å². The summed E-state index contributed by atoms with van der Waals surface area (Å²) in [6.45, 7) is 4.44. The maximum absolute atomic E-state index is 12.9. The molecule has 0 bridgehead atoms. The number of hydrogen-bond donors (Lipinski definition) is 5. The standard InChI is InChI=1S/C21H38N6O3/c1-14(2)11-15(13-29)26-20(30)18(8-6-9-25-21(23)24)27-19-12-17(22)16(19)7-4-3-5-10-28/h4,7,10,13-19,27H,3,5-6,8-9,11-12,22H2,1-2H3,(H,26,30)(H4,23,24,25)/t15-,16+,17?,18-,19?/m1/s1. The number of amides is 1. The molecule has 30 heavy (non-hydrogen) atoms. The molecule has 0 radical (unpaired) electrons. The molecule has 0 saturated heterocycles. The molecule has 0 heterocycles. The molecule has 0 aromatic rings. The highest BCUT2D eigenvalue weighted by molar-refractivity contribution is 5.84. The molecule has 0 aromatic heterocycles. The van der Waals surface area contributed by atoms with Gasteiger partial charge in [-0.15, -0.1) is 0 Å². The summed E-state index contributed by atoms with van der Waals surface area (Å²) in [6, 6.07) is -0.908. The number of nitrogens with one attached hydrogen (secondary N) is 2. The predicted molar refractivity (Wildman–Crippen MR) is 119 cm³/mol. The van der Waals surface area contributed by atoms with E-state index in [0.717, 1.165) is 19.0 Å². The van der Waals surface area contributed by atoms with Gasteiger partial charge in [-0.05, 0) is 38.0 Å². The molecule has 1 amide bonds. The topological polar surface area (TPSA) is 166 Å². The van der Waals surface area contributed by atoms with Crippen LogP contribution in [-0.4, -0.2) is 55.2 Å². The lowest BCUT2D eigenvalue weighted by Gasteiger charge is -2.43. The Bertz CT molecular complexity index is 604. The average molecular weight is 423 g/mol. The van der Waals surface area contributed by atoms with Crippen LogP contribution in [0.2, 0.25) is 0 Å². The summed E-state index contributed by atoms with van der Waals surface area (Å²) < 4.78 is 0. The van der Waals surface area contributed by atoms with Crippen molar-refractivity contribution in [2.24, 2.45) is 34.0 Å². The molecule has 170 valence electrons. The minimum absolute atomic E-state index is 0.0176. The van der Waals surface area contributed by atoms with E-state index < -0.39 is 12.1 Å². The van der Waals surface area contributed by atoms with Gasteiger partial charge in [0, 0.05) is 31.0 Å². The summed E-state index contributed by atoms with van der Waals surface area (Å²) >= 11 is 0. The van der Waals surface area contributed by atoms with Crippen molar-refractivity contribution in [3.63, 3.8) is 0 Å². The molecular weight excluding hydrogens is 384 g/mol. The number of hydrogen-bond acceptors (Lipinski definition) is 6.